The van der Waals surface area contributed by atoms with E-state index >= 15 is 0 Å². The fourth-order valence-corrected chi connectivity index (χ4v) is 3.58. The van der Waals surface area contributed by atoms with E-state index in [-0.39, 0.29) is 0 Å². The zero-order valence-electron chi connectivity index (χ0n) is 14.3. The lowest BCUT2D eigenvalue weighted by atomic mass is 9.93. The molecular formula is C18H31N3. The molecule has 2 atom stereocenters. The van der Waals surface area contributed by atoms with Crippen molar-refractivity contribution in [3.8, 4) is 0 Å². The summed E-state index contributed by atoms with van der Waals surface area (Å²) in [4.78, 5) is 4.94. The maximum atomic E-state index is 6.15. The van der Waals surface area contributed by atoms with Gasteiger partial charge in [-0.1, -0.05) is 12.1 Å². The van der Waals surface area contributed by atoms with Crippen molar-refractivity contribution in [2.75, 3.05) is 33.7 Å². The predicted molar refractivity (Wildman–Crippen MR) is 90.7 cm³/mol. The second-order valence-electron chi connectivity index (χ2n) is 6.77. The topological polar surface area (TPSA) is 32.5 Å². The first kappa shape index (κ1) is 16.5. The molecule has 1 heterocycles. The van der Waals surface area contributed by atoms with E-state index in [0.29, 0.717) is 18.6 Å². The van der Waals surface area contributed by atoms with E-state index in [1.165, 1.54) is 41.6 Å². The summed E-state index contributed by atoms with van der Waals surface area (Å²) in [5.74, 6) is 0. The van der Waals surface area contributed by atoms with E-state index < -0.39 is 0 Å². The minimum Gasteiger partial charge on any atom is -0.329 e. The number of aryl methyl sites for hydroxylation is 3. The molecule has 0 spiro atoms. The highest BCUT2D eigenvalue weighted by Gasteiger charge is 2.27. The van der Waals surface area contributed by atoms with Crippen LogP contribution in [-0.4, -0.2) is 49.6 Å². The number of nitrogens with zero attached hydrogens (tertiary/aromatic N) is 2. The van der Waals surface area contributed by atoms with Crippen LogP contribution in [0.25, 0.3) is 0 Å². The second-order valence-corrected chi connectivity index (χ2v) is 6.77. The third kappa shape index (κ3) is 3.65. The highest BCUT2D eigenvalue weighted by molar-refractivity contribution is 5.38. The lowest BCUT2D eigenvalue weighted by molar-refractivity contribution is 0.101. The number of likely N-dealkylation sites (N-methyl/N-ethyl adjacent to an activating group) is 2. The molecular weight excluding hydrogens is 258 g/mol. The highest BCUT2D eigenvalue weighted by Crippen LogP contribution is 2.28. The average Bonchev–Trinajstić information content (AvgIpc) is 2.45. The van der Waals surface area contributed by atoms with E-state index in [1.54, 1.807) is 0 Å². The Morgan fingerprint density at radius 3 is 2.52 bits per heavy atom. The Hall–Kier alpha value is -0.900. The molecule has 118 valence electrons. The van der Waals surface area contributed by atoms with Gasteiger partial charge in [0.2, 0.25) is 0 Å². The minimum absolute atomic E-state index is 0.320. The normalized spacial score (nSPS) is 21.8. The van der Waals surface area contributed by atoms with Crippen molar-refractivity contribution in [3.05, 3.63) is 34.4 Å². The SMILES string of the molecule is Cc1cc(C)c(C(CN)N(C)C2CCCN(C)C2)cc1C. The molecule has 2 N–H and O–H groups in total. The summed E-state index contributed by atoms with van der Waals surface area (Å²) in [6.07, 6.45) is 2.57. The van der Waals surface area contributed by atoms with Crippen molar-refractivity contribution < 1.29 is 0 Å². The lowest BCUT2D eigenvalue weighted by Crippen LogP contribution is -2.47. The van der Waals surface area contributed by atoms with Gasteiger partial charge in [-0.3, -0.25) is 4.90 Å². The highest BCUT2D eigenvalue weighted by atomic mass is 15.2. The summed E-state index contributed by atoms with van der Waals surface area (Å²) in [6.45, 7) is 9.64. The van der Waals surface area contributed by atoms with Crippen LogP contribution in [0.2, 0.25) is 0 Å². The lowest BCUT2D eigenvalue weighted by Gasteiger charge is -2.40. The van der Waals surface area contributed by atoms with Crippen molar-refractivity contribution >= 4 is 0 Å². The molecule has 2 rings (SSSR count). The Kier molecular flexibility index (Phi) is 5.42. The molecule has 0 aromatic heterocycles. The quantitative estimate of drug-likeness (QED) is 0.925. The van der Waals surface area contributed by atoms with Gasteiger partial charge in [-0.05, 0) is 76.5 Å². The average molecular weight is 289 g/mol. The van der Waals surface area contributed by atoms with Crippen LogP contribution in [0, 0.1) is 20.8 Å². The predicted octanol–water partition coefficient (Wildman–Crippen LogP) is 2.64. The van der Waals surface area contributed by atoms with Gasteiger partial charge in [-0.2, -0.15) is 0 Å². The van der Waals surface area contributed by atoms with Gasteiger partial charge >= 0.3 is 0 Å². The Morgan fingerprint density at radius 1 is 1.24 bits per heavy atom. The number of likely N-dealkylation sites (tertiary alicyclic amines) is 1. The first-order chi connectivity index (χ1) is 9.93. The zero-order chi connectivity index (χ0) is 15.6. The first-order valence-corrected chi connectivity index (χ1v) is 8.12. The van der Waals surface area contributed by atoms with Crippen molar-refractivity contribution in [2.24, 2.45) is 5.73 Å². The minimum atomic E-state index is 0.320. The van der Waals surface area contributed by atoms with Crippen molar-refractivity contribution in [2.45, 2.75) is 45.7 Å². The maximum absolute atomic E-state index is 6.15. The van der Waals surface area contributed by atoms with Gasteiger partial charge in [0.05, 0.1) is 0 Å². The van der Waals surface area contributed by atoms with Crippen LogP contribution < -0.4 is 5.73 Å². The Balaban J connectivity index is 2.24. The summed E-state index contributed by atoms with van der Waals surface area (Å²) in [5.41, 5.74) is 11.6. The van der Waals surface area contributed by atoms with Crippen LogP contribution >= 0.6 is 0 Å². The van der Waals surface area contributed by atoms with Gasteiger partial charge in [0.1, 0.15) is 0 Å². The van der Waals surface area contributed by atoms with Crippen LogP contribution in [0.1, 0.15) is 41.1 Å². The third-order valence-corrected chi connectivity index (χ3v) is 5.13. The zero-order valence-corrected chi connectivity index (χ0v) is 14.3. The first-order valence-electron chi connectivity index (χ1n) is 8.12. The fourth-order valence-electron chi connectivity index (χ4n) is 3.58. The van der Waals surface area contributed by atoms with Gasteiger partial charge in [0.25, 0.3) is 0 Å². The fraction of sp³-hybridized carbons (Fsp3) is 0.667. The molecule has 21 heavy (non-hydrogen) atoms. The number of benzene rings is 1. The molecule has 1 aliphatic rings. The Morgan fingerprint density at radius 2 is 1.90 bits per heavy atom. The van der Waals surface area contributed by atoms with E-state index in [9.17, 15) is 0 Å². The van der Waals surface area contributed by atoms with E-state index in [1.807, 2.05) is 0 Å². The van der Waals surface area contributed by atoms with Crippen LogP contribution in [-0.2, 0) is 0 Å². The summed E-state index contributed by atoms with van der Waals surface area (Å²) < 4.78 is 0. The van der Waals surface area contributed by atoms with E-state index in [4.69, 9.17) is 5.73 Å². The molecule has 0 saturated carbocycles. The van der Waals surface area contributed by atoms with Gasteiger partial charge in [-0.25, -0.2) is 0 Å². The Bertz CT molecular complexity index is 484. The van der Waals surface area contributed by atoms with Crippen molar-refractivity contribution in [1.29, 1.82) is 0 Å². The van der Waals surface area contributed by atoms with Crippen molar-refractivity contribution in [3.63, 3.8) is 0 Å². The number of piperidine rings is 1. The number of rotatable bonds is 4. The molecule has 1 aromatic rings. The Labute approximate surface area is 130 Å². The largest absolute Gasteiger partial charge is 0.329 e. The van der Waals surface area contributed by atoms with E-state index in [0.717, 1.165) is 6.54 Å². The van der Waals surface area contributed by atoms with Crippen LogP contribution in [0.4, 0.5) is 0 Å². The molecule has 0 aliphatic carbocycles. The van der Waals surface area contributed by atoms with Gasteiger partial charge in [-0.15, -0.1) is 0 Å². The number of hydrogen-bond donors (Lipinski definition) is 1. The van der Waals surface area contributed by atoms with Gasteiger partial charge < -0.3 is 10.6 Å². The van der Waals surface area contributed by atoms with Crippen molar-refractivity contribution in [1.82, 2.24) is 9.80 Å². The molecule has 1 saturated heterocycles. The van der Waals surface area contributed by atoms with E-state index in [2.05, 4.69) is 56.8 Å². The molecule has 3 heteroatoms. The smallest absolute Gasteiger partial charge is 0.0473 e. The molecule has 3 nitrogen and oxygen atoms in total. The molecule has 1 fully saturated rings. The van der Waals surface area contributed by atoms with Crippen LogP contribution in [0.15, 0.2) is 12.1 Å². The summed E-state index contributed by atoms with van der Waals surface area (Å²) in [7, 11) is 4.47. The standard InChI is InChI=1S/C18H31N3/c1-13-9-15(3)17(10-14(13)2)18(11-19)21(5)16-7-6-8-20(4)12-16/h9-10,16,18H,6-8,11-12,19H2,1-5H3. The summed E-state index contributed by atoms with van der Waals surface area (Å²) in [5, 5.41) is 0. The van der Waals surface area contributed by atoms with Gasteiger partial charge in [0, 0.05) is 25.2 Å². The monoisotopic (exact) mass is 289 g/mol. The molecule has 2 unspecified atom stereocenters. The summed E-state index contributed by atoms with van der Waals surface area (Å²) in [6, 6.07) is 5.57. The van der Waals surface area contributed by atoms with Crippen LogP contribution in [0.3, 0.4) is 0 Å². The molecule has 1 aliphatic heterocycles. The number of nitrogens with two attached hydrogens (primary N) is 1. The molecule has 1 aromatic carbocycles. The van der Waals surface area contributed by atoms with Gasteiger partial charge in [0.15, 0.2) is 0 Å². The second kappa shape index (κ2) is 6.91. The summed E-state index contributed by atoms with van der Waals surface area (Å²) >= 11 is 0. The third-order valence-electron chi connectivity index (χ3n) is 5.13. The van der Waals surface area contributed by atoms with Crippen LogP contribution in [0.5, 0.6) is 0 Å². The maximum Gasteiger partial charge on any atom is 0.0473 e. The molecule has 0 radical (unpaired) electrons. The number of hydrogen-bond acceptors (Lipinski definition) is 3. The molecule has 0 bridgehead atoms. The molecule has 0 amide bonds.